The fourth-order valence-corrected chi connectivity index (χ4v) is 6.70. The molecule has 0 aromatic carbocycles. The van der Waals surface area contributed by atoms with Gasteiger partial charge in [0.05, 0.1) is 6.61 Å². The molecule has 0 amide bonds. The lowest BCUT2D eigenvalue weighted by atomic mass is 10.3. The first-order valence-corrected chi connectivity index (χ1v) is 9.40. The number of hydrogen-bond donors (Lipinski definition) is 0. The van der Waals surface area contributed by atoms with E-state index in [1.807, 2.05) is 0 Å². The van der Waals surface area contributed by atoms with Crippen molar-refractivity contribution in [2.24, 2.45) is 0 Å². The van der Waals surface area contributed by atoms with Crippen molar-refractivity contribution in [3.63, 3.8) is 0 Å². The van der Waals surface area contributed by atoms with Gasteiger partial charge in [0.2, 0.25) is 0 Å². The van der Waals surface area contributed by atoms with Crippen LogP contribution in [0.5, 0.6) is 0 Å². The van der Waals surface area contributed by atoms with Gasteiger partial charge in [-0.1, -0.05) is 51.7 Å². The Morgan fingerprint density at radius 3 is 1.69 bits per heavy atom. The van der Waals surface area contributed by atoms with Crippen molar-refractivity contribution in [1.29, 1.82) is 0 Å². The van der Waals surface area contributed by atoms with Crippen molar-refractivity contribution in [2.45, 2.75) is 72.0 Å². The molecule has 16 heavy (non-hydrogen) atoms. The number of allylic oxidation sites excluding steroid dienone is 1. The van der Waals surface area contributed by atoms with Crippen LogP contribution in [0.25, 0.3) is 0 Å². The molecule has 0 bridgehead atoms. The van der Waals surface area contributed by atoms with Gasteiger partial charge in [-0.05, 0) is 32.0 Å². The van der Waals surface area contributed by atoms with Gasteiger partial charge in [-0.15, -0.1) is 0 Å². The first-order chi connectivity index (χ1) is 7.60. The molecule has 2 heteroatoms. The summed E-state index contributed by atoms with van der Waals surface area (Å²) in [5.41, 5.74) is 1.37. The van der Waals surface area contributed by atoms with Crippen LogP contribution in [0.1, 0.15) is 53.9 Å². The number of rotatable bonds is 9. The minimum absolute atomic E-state index is 0.842. The van der Waals surface area contributed by atoms with Crippen molar-refractivity contribution < 1.29 is 4.43 Å². The van der Waals surface area contributed by atoms with Gasteiger partial charge in [0.25, 0.3) is 0 Å². The van der Waals surface area contributed by atoms with Gasteiger partial charge in [0.1, 0.15) is 0 Å². The van der Waals surface area contributed by atoms with Gasteiger partial charge < -0.3 is 4.43 Å². The minimum Gasteiger partial charge on any atom is -0.413 e. The minimum atomic E-state index is -1.41. The first kappa shape index (κ1) is 15.9. The molecular formula is C14H30OSi. The van der Waals surface area contributed by atoms with Gasteiger partial charge >= 0.3 is 0 Å². The lowest BCUT2D eigenvalue weighted by Crippen LogP contribution is -2.37. The van der Waals surface area contributed by atoms with Gasteiger partial charge in [0.15, 0.2) is 8.32 Å². The summed E-state index contributed by atoms with van der Waals surface area (Å²) in [7, 11) is -1.41. The molecule has 0 atom stereocenters. The molecule has 1 nitrogen and oxygen atoms in total. The molecule has 0 spiro atoms. The molecule has 96 valence electrons. The highest BCUT2D eigenvalue weighted by Gasteiger charge is 2.31. The van der Waals surface area contributed by atoms with E-state index >= 15 is 0 Å². The highest BCUT2D eigenvalue weighted by Crippen LogP contribution is 2.27. The highest BCUT2D eigenvalue weighted by atomic mass is 28.4. The summed E-state index contributed by atoms with van der Waals surface area (Å²) in [4.78, 5) is 0. The fraction of sp³-hybridized carbons (Fsp3) is 0.857. The zero-order valence-corrected chi connectivity index (χ0v) is 12.9. The van der Waals surface area contributed by atoms with E-state index in [9.17, 15) is 0 Å². The van der Waals surface area contributed by atoms with Crippen molar-refractivity contribution in [3.05, 3.63) is 11.6 Å². The molecule has 0 heterocycles. The third-order valence-electron chi connectivity index (χ3n) is 3.00. The fourth-order valence-electron chi connectivity index (χ4n) is 2.34. The Balaban J connectivity index is 4.40. The summed E-state index contributed by atoms with van der Waals surface area (Å²) in [6.07, 6.45) is 6.06. The highest BCUT2D eigenvalue weighted by molar-refractivity contribution is 6.73. The molecule has 0 N–H and O–H groups in total. The van der Waals surface area contributed by atoms with Gasteiger partial charge in [-0.25, -0.2) is 0 Å². The second kappa shape index (κ2) is 9.00. The number of hydrogen-bond acceptors (Lipinski definition) is 1. The van der Waals surface area contributed by atoms with Crippen LogP contribution in [0.15, 0.2) is 11.6 Å². The Bertz CT molecular complexity index is 178. The van der Waals surface area contributed by atoms with E-state index in [-0.39, 0.29) is 0 Å². The van der Waals surface area contributed by atoms with E-state index in [4.69, 9.17) is 4.43 Å². The molecular weight excluding hydrogens is 212 g/mol. The van der Waals surface area contributed by atoms with E-state index in [1.165, 1.54) is 43.0 Å². The zero-order chi connectivity index (χ0) is 12.4. The van der Waals surface area contributed by atoms with Crippen molar-refractivity contribution in [3.8, 4) is 0 Å². The third-order valence-corrected chi connectivity index (χ3v) is 8.01. The lowest BCUT2D eigenvalue weighted by molar-refractivity contribution is 0.336. The Morgan fingerprint density at radius 1 is 0.938 bits per heavy atom. The Hall–Kier alpha value is -0.0831. The predicted molar refractivity (Wildman–Crippen MR) is 76.4 cm³/mol. The Kier molecular flexibility index (Phi) is 8.95. The Morgan fingerprint density at radius 2 is 1.38 bits per heavy atom. The summed E-state index contributed by atoms with van der Waals surface area (Å²) in [6, 6.07) is 4.02. The molecule has 0 aliphatic carbocycles. The summed E-state index contributed by atoms with van der Waals surface area (Å²) in [6.45, 7) is 12.0. The molecule has 0 radical (unpaired) electrons. The smallest absolute Gasteiger partial charge is 0.193 e. The van der Waals surface area contributed by atoms with Crippen LogP contribution in [0, 0.1) is 0 Å². The van der Waals surface area contributed by atoms with Crippen LogP contribution in [0.4, 0.5) is 0 Å². The summed E-state index contributed by atoms with van der Waals surface area (Å²) in [5, 5.41) is 0. The third kappa shape index (κ3) is 6.49. The van der Waals surface area contributed by atoms with Gasteiger partial charge in [0, 0.05) is 0 Å². The average molecular weight is 242 g/mol. The molecule has 0 aromatic heterocycles. The molecule has 0 fully saturated rings. The van der Waals surface area contributed by atoms with Crippen LogP contribution >= 0.6 is 0 Å². The average Bonchev–Trinajstić information content (AvgIpc) is 2.18. The van der Waals surface area contributed by atoms with E-state index in [0.29, 0.717) is 0 Å². The largest absolute Gasteiger partial charge is 0.413 e. The molecule has 0 aromatic rings. The summed E-state index contributed by atoms with van der Waals surface area (Å²) >= 11 is 0. The maximum absolute atomic E-state index is 6.32. The van der Waals surface area contributed by atoms with E-state index < -0.39 is 8.32 Å². The maximum Gasteiger partial charge on any atom is 0.193 e. The normalized spacial score (nSPS) is 11.6. The van der Waals surface area contributed by atoms with Crippen molar-refractivity contribution in [1.82, 2.24) is 0 Å². The summed E-state index contributed by atoms with van der Waals surface area (Å²) in [5.74, 6) is 0. The van der Waals surface area contributed by atoms with Crippen LogP contribution < -0.4 is 0 Å². The first-order valence-electron chi connectivity index (χ1n) is 6.87. The molecule has 0 saturated carbocycles. The lowest BCUT2D eigenvalue weighted by Gasteiger charge is -2.30. The molecule has 0 saturated heterocycles. The predicted octanol–water partition coefficient (Wildman–Crippen LogP) is 5.14. The van der Waals surface area contributed by atoms with Crippen molar-refractivity contribution in [2.75, 3.05) is 6.61 Å². The van der Waals surface area contributed by atoms with Gasteiger partial charge in [-0.2, -0.15) is 0 Å². The molecule has 0 unspecified atom stereocenters. The van der Waals surface area contributed by atoms with Crippen LogP contribution in [0.2, 0.25) is 18.1 Å². The van der Waals surface area contributed by atoms with Gasteiger partial charge in [-0.3, -0.25) is 0 Å². The quantitative estimate of drug-likeness (QED) is 0.401. The monoisotopic (exact) mass is 242 g/mol. The van der Waals surface area contributed by atoms with Crippen molar-refractivity contribution >= 4 is 8.32 Å². The van der Waals surface area contributed by atoms with Crippen LogP contribution in [-0.2, 0) is 4.43 Å². The second-order valence-electron chi connectivity index (χ2n) is 5.03. The topological polar surface area (TPSA) is 9.23 Å². The Labute approximate surface area is 103 Å². The molecule has 0 aliphatic heterocycles. The summed E-state index contributed by atoms with van der Waals surface area (Å²) < 4.78 is 6.32. The maximum atomic E-state index is 6.32. The van der Waals surface area contributed by atoms with Crippen LogP contribution in [-0.4, -0.2) is 14.9 Å². The molecule has 0 aliphatic rings. The van der Waals surface area contributed by atoms with Crippen LogP contribution in [0.3, 0.4) is 0 Å². The van der Waals surface area contributed by atoms with E-state index in [2.05, 4.69) is 40.7 Å². The van der Waals surface area contributed by atoms with E-state index in [1.54, 1.807) is 0 Å². The molecule has 0 rings (SSSR count). The SMILES string of the molecule is CCC[Si](CCC)(CCC)OCC=C(C)C. The second-order valence-corrected chi connectivity index (χ2v) is 9.18. The standard InChI is InChI=1S/C14H30OSi/c1-6-11-16(12-7-2,13-8-3)15-10-9-14(4)5/h9H,6-8,10-13H2,1-5H3. The zero-order valence-electron chi connectivity index (χ0n) is 11.9. The van der Waals surface area contributed by atoms with E-state index in [0.717, 1.165) is 6.61 Å².